The van der Waals surface area contributed by atoms with Gasteiger partial charge in [-0.15, -0.1) is 0 Å². The van der Waals surface area contributed by atoms with Crippen molar-refractivity contribution in [1.82, 2.24) is 4.90 Å². The third-order valence-corrected chi connectivity index (χ3v) is 5.71. The average molecular weight is 341 g/mol. The van der Waals surface area contributed by atoms with E-state index in [9.17, 15) is 4.79 Å². The van der Waals surface area contributed by atoms with Crippen LogP contribution >= 0.6 is 0 Å². The molecule has 4 heteroatoms. The predicted octanol–water partition coefficient (Wildman–Crippen LogP) is 3.74. The molecule has 1 aromatic carbocycles. The number of ether oxygens (including phenoxy) is 2. The first-order chi connectivity index (χ1) is 11.9. The molecule has 0 saturated carbocycles. The molecule has 0 amide bonds. The van der Waals surface area contributed by atoms with Gasteiger partial charge in [0.25, 0.3) is 0 Å². The van der Waals surface area contributed by atoms with Crippen LogP contribution in [0, 0.1) is 6.92 Å². The number of rotatable bonds is 4. The minimum Gasteiger partial charge on any atom is -0.496 e. The second-order valence-electron chi connectivity index (χ2n) is 7.34. The van der Waals surface area contributed by atoms with Crippen molar-refractivity contribution in [3.63, 3.8) is 0 Å². The Bertz CT molecular complexity index is 737. The zero-order valence-electron chi connectivity index (χ0n) is 15.6. The highest BCUT2D eigenvalue weighted by Gasteiger charge is 2.49. The largest absolute Gasteiger partial charge is 0.496 e. The van der Waals surface area contributed by atoms with E-state index in [-0.39, 0.29) is 11.4 Å². The molecule has 134 valence electrons. The Kier molecular flexibility index (Phi) is 4.74. The number of hydrogen-bond acceptors (Lipinski definition) is 4. The van der Waals surface area contributed by atoms with Crippen molar-refractivity contribution < 1.29 is 14.3 Å². The lowest BCUT2D eigenvalue weighted by Crippen LogP contribution is -2.43. The summed E-state index contributed by atoms with van der Waals surface area (Å²) in [4.78, 5) is 14.2. The number of carbonyl (C=O) groups excluding carboxylic acids is 1. The molecule has 1 aliphatic heterocycles. The minimum absolute atomic E-state index is 0.0743. The number of methoxy groups -OCH3 is 1. The van der Waals surface area contributed by atoms with Crippen LogP contribution < -0.4 is 4.74 Å². The molecule has 1 fully saturated rings. The number of likely N-dealkylation sites (N-methyl/N-ethyl adjacent to an activating group) is 1. The summed E-state index contributed by atoms with van der Waals surface area (Å²) in [5.41, 5.74) is 3.02. The summed E-state index contributed by atoms with van der Waals surface area (Å²) in [5.74, 6) is 1.36. The summed E-state index contributed by atoms with van der Waals surface area (Å²) in [6, 6.07) is 6.84. The summed E-state index contributed by atoms with van der Waals surface area (Å²) < 4.78 is 10.9. The average Bonchev–Trinajstić information content (AvgIpc) is 2.92. The smallest absolute Gasteiger partial charge is 0.338 e. The Morgan fingerprint density at radius 1 is 1.40 bits per heavy atom. The quantitative estimate of drug-likeness (QED) is 0.618. The standard InChI is InChI=1S/C21H27NO3/c1-14(2)20(23)25-17-8-9-21(10-11-22(4)19(21)13-17)16-6-7-18(24-5)15(3)12-16/h6-8,12,19H,1,9-11,13H2,2-5H3/t19-,21-/m0/s1. The second-order valence-corrected chi connectivity index (χ2v) is 7.34. The van der Waals surface area contributed by atoms with Crippen LogP contribution in [-0.2, 0) is 14.9 Å². The molecule has 0 N–H and O–H groups in total. The van der Waals surface area contributed by atoms with E-state index < -0.39 is 0 Å². The fourth-order valence-corrected chi connectivity index (χ4v) is 4.21. The summed E-state index contributed by atoms with van der Waals surface area (Å²) in [6.45, 7) is 8.48. The number of aryl methyl sites for hydroxylation is 1. The van der Waals surface area contributed by atoms with Gasteiger partial charge in [0, 0.05) is 23.5 Å². The topological polar surface area (TPSA) is 38.8 Å². The number of nitrogens with zero attached hydrogens (tertiary/aromatic N) is 1. The van der Waals surface area contributed by atoms with Gasteiger partial charge in [-0.25, -0.2) is 4.79 Å². The van der Waals surface area contributed by atoms with Gasteiger partial charge in [0.05, 0.1) is 7.11 Å². The van der Waals surface area contributed by atoms with Crippen LogP contribution in [-0.4, -0.2) is 37.6 Å². The molecule has 2 aliphatic rings. The van der Waals surface area contributed by atoms with Crippen molar-refractivity contribution in [3.05, 3.63) is 53.3 Å². The Labute approximate surface area is 150 Å². The Balaban J connectivity index is 1.92. The number of esters is 1. The van der Waals surface area contributed by atoms with Crippen molar-refractivity contribution in [2.24, 2.45) is 0 Å². The van der Waals surface area contributed by atoms with Gasteiger partial charge in [0.1, 0.15) is 11.5 Å². The second kappa shape index (κ2) is 6.68. The van der Waals surface area contributed by atoms with E-state index in [2.05, 4.69) is 49.7 Å². The number of carbonyl (C=O) groups is 1. The fraction of sp³-hybridized carbons (Fsp3) is 0.476. The Hall–Kier alpha value is -2.07. The van der Waals surface area contributed by atoms with Crippen molar-refractivity contribution in [2.45, 2.75) is 44.6 Å². The third-order valence-electron chi connectivity index (χ3n) is 5.71. The maximum atomic E-state index is 11.9. The van der Waals surface area contributed by atoms with Gasteiger partial charge in [0.15, 0.2) is 0 Å². The van der Waals surface area contributed by atoms with Crippen LogP contribution in [0.1, 0.15) is 37.3 Å². The van der Waals surface area contributed by atoms with Crippen LogP contribution in [0.25, 0.3) is 0 Å². The van der Waals surface area contributed by atoms with Gasteiger partial charge in [-0.2, -0.15) is 0 Å². The number of hydrogen-bond donors (Lipinski definition) is 0. The molecule has 0 aromatic heterocycles. The summed E-state index contributed by atoms with van der Waals surface area (Å²) >= 11 is 0. The molecule has 0 spiro atoms. The van der Waals surface area contributed by atoms with E-state index in [0.717, 1.165) is 42.9 Å². The maximum Gasteiger partial charge on any atom is 0.338 e. The van der Waals surface area contributed by atoms with Crippen molar-refractivity contribution in [2.75, 3.05) is 20.7 Å². The lowest BCUT2D eigenvalue weighted by molar-refractivity contribution is -0.135. The van der Waals surface area contributed by atoms with Crippen LogP contribution in [0.15, 0.2) is 42.2 Å². The Morgan fingerprint density at radius 3 is 2.80 bits per heavy atom. The van der Waals surface area contributed by atoms with Gasteiger partial charge >= 0.3 is 5.97 Å². The van der Waals surface area contributed by atoms with Crippen molar-refractivity contribution >= 4 is 5.97 Å². The molecule has 1 saturated heterocycles. The van der Waals surface area contributed by atoms with Gasteiger partial charge in [-0.3, -0.25) is 0 Å². The highest BCUT2D eigenvalue weighted by atomic mass is 16.5. The lowest BCUT2D eigenvalue weighted by atomic mass is 9.68. The fourth-order valence-electron chi connectivity index (χ4n) is 4.21. The van der Waals surface area contributed by atoms with Crippen molar-refractivity contribution in [1.29, 1.82) is 0 Å². The monoisotopic (exact) mass is 341 g/mol. The van der Waals surface area contributed by atoms with E-state index in [1.54, 1.807) is 14.0 Å². The zero-order chi connectivity index (χ0) is 18.2. The normalized spacial score (nSPS) is 25.9. The molecule has 2 atom stereocenters. The molecule has 1 aromatic rings. The SMILES string of the molecule is C=C(C)C(=O)OC1=CC[C@@]2(c3ccc(OC)c(C)c3)CCN(C)[C@H]2C1. The first kappa shape index (κ1) is 17.7. The lowest BCUT2D eigenvalue weighted by Gasteiger charge is -2.40. The molecule has 4 nitrogen and oxygen atoms in total. The first-order valence-corrected chi connectivity index (χ1v) is 8.79. The van der Waals surface area contributed by atoms with E-state index in [0.29, 0.717) is 11.6 Å². The molecule has 0 radical (unpaired) electrons. The van der Waals surface area contributed by atoms with Gasteiger partial charge in [-0.1, -0.05) is 18.7 Å². The zero-order valence-corrected chi connectivity index (χ0v) is 15.6. The number of benzene rings is 1. The van der Waals surface area contributed by atoms with E-state index in [1.165, 1.54) is 5.56 Å². The molecule has 3 rings (SSSR count). The first-order valence-electron chi connectivity index (χ1n) is 8.79. The minimum atomic E-state index is -0.334. The molecular weight excluding hydrogens is 314 g/mol. The van der Waals surface area contributed by atoms with Gasteiger partial charge in [-0.05, 0) is 63.6 Å². The van der Waals surface area contributed by atoms with E-state index in [1.807, 2.05) is 0 Å². The third kappa shape index (κ3) is 3.11. The van der Waals surface area contributed by atoms with E-state index >= 15 is 0 Å². The van der Waals surface area contributed by atoms with Crippen LogP contribution in [0.4, 0.5) is 0 Å². The number of likely N-dealkylation sites (tertiary alicyclic amines) is 1. The summed E-state index contributed by atoms with van der Waals surface area (Å²) in [7, 11) is 3.87. The highest BCUT2D eigenvalue weighted by Crippen LogP contribution is 2.48. The molecule has 0 unspecified atom stereocenters. The number of fused-ring (bicyclic) bond motifs is 1. The maximum absolute atomic E-state index is 11.9. The van der Waals surface area contributed by atoms with Crippen molar-refractivity contribution in [3.8, 4) is 5.75 Å². The molecule has 25 heavy (non-hydrogen) atoms. The van der Waals surface area contributed by atoms with Gasteiger partial charge in [0.2, 0.25) is 0 Å². The van der Waals surface area contributed by atoms with E-state index in [4.69, 9.17) is 9.47 Å². The summed E-state index contributed by atoms with van der Waals surface area (Å²) in [6.07, 6.45) is 4.83. The Morgan fingerprint density at radius 2 is 2.16 bits per heavy atom. The highest BCUT2D eigenvalue weighted by molar-refractivity contribution is 5.87. The molecular formula is C21H27NO3. The molecule has 1 aliphatic carbocycles. The molecule has 0 bridgehead atoms. The summed E-state index contributed by atoms with van der Waals surface area (Å²) in [5, 5.41) is 0. The van der Waals surface area contributed by atoms with Gasteiger partial charge < -0.3 is 14.4 Å². The van der Waals surface area contributed by atoms with Crippen LogP contribution in [0.3, 0.4) is 0 Å². The number of allylic oxidation sites excluding steroid dienone is 1. The predicted molar refractivity (Wildman–Crippen MR) is 98.7 cm³/mol. The van der Waals surface area contributed by atoms with Crippen LogP contribution in [0.2, 0.25) is 0 Å². The molecule has 1 heterocycles. The van der Waals surface area contributed by atoms with Crippen LogP contribution in [0.5, 0.6) is 5.75 Å².